The number of halogens is 1. The molecule has 0 saturated carbocycles. The summed E-state index contributed by atoms with van der Waals surface area (Å²) in [7, 11) is 0. The highest BCUT2D eigenvalue weighted by Crippen LogP contribution is 2.23. The van der Waals surface area contributed by atoms with Crippen LogP contribution in [0.1, 0.15) is 5.56 Å². The number of nitrogens with zero attached hydrogens (tertiary/aromatic N) is 4. The summed E-state index contributed by atoms with van der Waals surface area (Å²) in [4.78, 5) is 28.8. The van der Waals surface area contributed by atoms with E-state index in [1.54, 1.807) is 12.1 Å². The molecular weight excluding hydrogens is 313 g/mol. The van der Waals surface area contributed by atoms with E-state index < -0.39 is 5.82 Å². The van der Waals surface area contributed by atoms with Gasteiger partial charge in [0.2, 0.25) is 5.91 Å². The van der Waals surface area contributed by atoms with Crippen LogP contribution >= 0.6 is 0 Å². The molecule has 0 aliphatic carbocycles. The maximum Gasteiger partial charge on any atom is 0.324 e. The van der Waals surface area contributed by atoms with Crippen LogP contribution in [0.3, 0.4) is 0 Å². The highest BCUT2D eigenvalue weighted by atomic mass is 19.1. The number of piperazine rings is 1. The lowest BCUT2D eigenvalue weighted by molar-refractivity contribution is -0.128. The number of nitriles is 1. The van der Waals surface area contributed by atoms with Gasteiger partial charge in [-0.3, -0.25) is 14.6 Å². The van der Waals surface area contributed by atoms with Gasteiger partial charge in [0.05, 0.1) is 12.2 Å². The fourth-order valence-electron chi connectivity index (χ4n) is 3.02. The number of imide groups is 1. The number of urea groups is 1. The lowest BCUT2D eigenvalue weighted by Crippen LogP contribution is -2.50. The minimum Gasteiger partial charge on any atom is -0.368 e. The molecule has 3 amide bonds. The fourth-order valence-corrected chi connectivity index (χ4v) is 3.02. The number of rotatable bonds is 3. The van der Waals surface area contributed by atoms with E-state index in [2.05, 4.69) is 5.32 Å². The standard InChI is InChI=1S/C16H18FN5O2/c17-13-2-1-3-14(12(13)10-18)21-8-6-20(7-9-21)11-15(23)22-5-4-19-16(22)24/h1-3H,4-9,11H2,(H,19,24). The van der Waals surface area contributed by atoms with Gasteiger partial charge in [-0.2, -0.15) is 5.26 Å². The largest absolute Gasteiger partial charge is 0.368 e. The summed E-state index contributed by atoms with van der Waals surface area (Å²) < 4.78 is 13.7. The number of amides is 3. The molecule has 2 fully saturated rings. The topological polar surface area (TPSA) is 79.7 Å². The van der Waals surface area contributed by atoms with Crippen LogP contribution in [0.2, 0.25) is 0 Å². The molecule has 0 aromatic heterocycles. The van der Waals surface area contributed by atoms with Gasteiger partial charge in [0.1, 0.15) is 17.4 Å². The molecule has 2 heterocycles. The van der Waals surface area contributed by atoms with Crippen molar-refractivity contribution in [2.45, 2.75) is 0 Å². The third kappa shape index (κ3) is 3.16. The fraction of sp³-hybridized carbons (Fsp3) is 0.438. The number of carbonyl (C=O) groups excluding carboxylic acids is 2. The van der Waals surface area contributed by atoms with E-state index >= 15 is 0 Å². The number of hydrogen-bond donors (Lipinski definition) is 1. The number of carbonyl (C=O) groups is 2. The van der Waals surface area contributed by atoms with Gasteiger partial charge in [-0.1, -0.05) is 6.07 Å². The maximum atomic E-state index is 13.7. The minimum atomic E-state index is -0.521. The summed E-state index contributed by atoms with van der Waals surface area (Å²) in [5.74, 6) is -0.727. The molecule has 1 aromatic carbocycles. The van der Waals surface area contributed by atoms with Crippen LogP contribution in [0, 0.1) is 17.1 Å². The molecule has 0 unspecified atom stereocenters. The van der Waals surface area contributed by atoms with Crippen LogP contribution in [0.4, 0.5) is 14.9 Å². The zero-order valence-electron chi connectivity index (χ0n) is 13.2. The van der Waals surface area contributed by atoms with Gasteiger partial charge in [0.15, 0.2) is 0 Å². The Kier molecular flexibility index (Phi) is 4.62. The van der Waals surface area contributed by atoms with Crippen LogP contribution in [-0.2, 0) is 4.79 Å². The normalized spacial score (nSPS) is 18.4. The van der Waals surface area contributed by atoms with E-state index in [1.807, 2.05) is 15.9 Å². The van der Waals surface area contributed by atoms with E-state index in [4.69, 9.17) is 5.26 Å². The first kappa shape index (κ1) is 16.2. The second kappa shape index (κ2) is 6.84. The van der Waals surface area contributed by atoms with Crippen molar-refractivity contribution < 1.29 is 14.0 Å². The Morgan fingerprint density at radius 1 is 1.25 bits per heavy atom. The Bertz CT molecular complexity index is 694. The van der Waals surface area contributed by atoms with Crippen LogP contribution in [0.25, 0.3) is 0 Å². The molecule has 7 nitrogen and oxygen atoms in total. The van der Waals surface area contributed by atoms with Crippen molar-refractivity contribution in [3.63, 3.8) is 0 Å². The lowest BCUT2D eigenvalue weighted by atomic mass is 10.1. The number of hydrogen-bond acceptors (Lipinski definition) is 5. The Morgan fingerprint density at radius 2 is 2.00 bits per heavy atom. The van der Waals surface area contributed by atoms with Crippen molar-refractivity contribution in [1.82, 2.24) is 15.1 Å². The first-order valence-electron chi connectivity index (χ1n) is 7.84. The Morgan fingerprint density at radius 3 is 2.62 bits per heavy atom. The SMILES string of the molecule is N#Cc1c(F)cccc1N1CCN(CC(=O)N2CCNC2=O)CC1. The molecule has 0 bridgehead atoms. The van der Waals surface area contributed by atoms with E-state index in [-0.39, 0.29) is 24.0 Å². The number of nitrogens with one attached hydrogen (secondary N) is 1. The van der Waals surface area contributed by atoms with Crippen molar-refractivity contribution >= 4 is 17.6 Å². The third-order valence-electron chi connectivity index (χ3n) is 4.33. The second-order valence-corrected chi connectivity index (χ2v) is 5.79. The van der Waals surface area contributed by atoms with Crippen LogP contribution in [0.15, 0.2) is 18.2 Å². The van der Waals surface area contributed by atoms with Crippen molar-refractivity contribution in [1.29, 1.82) is 5.26 Å². The van der Waals surface area contributed by atoms with E-state index in [0.29, 0.717) is 45.0 Å². The molecule has 2 aliphatic heterocycles. The van der Waals surface area contributed by atoms with Gasteiger partial charge >= 0.3 is 6.03 Å². The van der Waals surface area contributed by atoms with Crippen LogP contribution < -0.4 is 10.2 Å². The van der Waals surface area contributed by atoms with Crippen molar-refractivity contribution in [2.24, 2.45) is 0 Å². The van der Waals surface area contributed by atoms with E-state index in [1.165, 1.54) is 11.0 Å². The van der Waals surface area contributed by atoms with E-state index in [0.717, 1.165) is 0 Å². The molecule has 2 aliphatic rings. The molecule has 0 spiro atoms. The van der Waals surface area contributed by atoms with Crippen molar-refractivity contribution in [3.05, 3.63) is 29.6 Å². The highest BCUT2D eigenvalue weighted by molar-refractivity contribution is 5.96. The molecule has 0 atom stereocenters. The van der Waals surface area contributed by atoms with Crippen molar-refractivity contribution in [3.8, 4) is 6.07 Å². The maximum absolute atomic E-state index is 13.7. The first-order chi connectivity index (χ1) is 11.6. The molecular formula is C16H18FN5O2. The second-order valence-electron chi connectivity index (χ2n) is 5.79. The average molecular weight is 331 g/mol. The van der Waals surface area contributed by atoms with Gasteiger partial charge < -0.3 is 10.2 Å². The smallest absolute Gasteiger partial charge is 0.324 e. The van der Waals surface area contributed by atoms with Crippen molar-refractivity contribution in [2.75, 3.05) is 50.7 Å². The predicted octanol–water partition coefficient (Wildman–Crippen LogP) is 0.371. The monoisotopic (exact) mass is 331 g/mol. The van der Waals surface area contributed by atoms with Crippen LogP contribution in [0.5, 0.6) is 0 Å². The molecule has 126 valence electrons. The van der Waals surface area contributed by atoms with Gasteiger partial charge in [-0.15, -0.1) is 0 Å². The van der Waals surface area contributed by atoms with E-state index in [9.17, 15) is 14.0 Å². The highest BCUT2D eigenvalue weighted by Gasteiger charge is 2.28. The molecule has 1 N–H and O–H groups in total. The summed E-state index contributed by atoms with van der Waals surface area (Å²) in [5, 5.41) is 11.7. The predicted molar refractivity (Wildman–Crippen MR) is 84.9 cm³/mol. The van der Waals surface area contributed by atoms with Gasteiger partial charge in [0.25, 0.3) is 0 Å². The Labute approximate surface area is 139 Å². The molecule has 0 radical (unpaired) electrons. The molecule has 8 heteroatoms. The lowest BCUT2D eigenvalue weighted by Gasteiger charge is -2.36. The zero-order chi connectivity index (χ0) is 17.1. The molecule has 3 rings (SSSR count). The molecule has 1 aromatic rings. The number of anilines is 1. The van der Waals surface area contributed by atoms with Crippen LogP contribution in [-0.4, -0.2) is 67.6 Å². The summed E-state index contributed by atoms with van der Waals surface area (Å²) >= 11 is 0. The quantitative estimate of drug-likeness (QED) is 0.866. The summed E-state index contributed by atoms with van der Waals surface area (Å²) in [6, 6.07) is 6.17. The average Bonchev–Trinajstić information content (AvgIpc) is 3.01. The Balaban J connectivity index is 1.58. The Hall–Kier alpha value is -2.66. The molecule has 24 heavy (non-hydrogen) atoms. The zero-order valence-corrected chi connectivity index (χ0v) is 13.2. The van der Waals surface area contributed by atoms with Gasteiger partial charge in [0, 0.05) is 39.3 Å². The van der Waals surface area contributed by atoms with Gasteiger partial charge in [-0.25, -0.2) is 9.18 Å². The molecule has 2 saturated heterocycles. The number of benzene rings is 1. The first-order valence-corrected chi connectivity index (χ1v) is 7.84. The summed E-state index contributed by atoms with van der Waals surface area (Å²) in [5.41, 5.74) is 0.637. The minimum absolute atomic E-state index is 0.0516. The summed E-state index contributed by atoms with van der Waals surface area (Å²) in [6.45, 7) is 3.51. The third-order valence-corrected chi connectivity index (χ3v) is 4.33. The summed E-state index contributed by atoms with van der Waals surface area (Å²) in [6.07, 6.45) is 0. The van der Waals surface area contributed by atoms with Gasteiger partial charge in [-0.05, 0) is 12.1 Å².